The topological polar surface area (TPSA) is 15.3 Å². The van der Waals surface area contributed by atoms with Gasteiger partial charge in [0.1, 0.15) is 0 Å². The number of likely N-dealkylation sites (N-methyl/N-ethyl adjacent to an activating group) is 1. The predicted octanol–water partition coefficient (Wildman–Crippen LogP) is 1.43. The Bertz CT molecular complexity index is 307. The van der Waals surface area contributed by atoms with Gasteiger partial charge in [-0.1, -0.05) is 24.3 Å². The first-order valence-corrected chi connectivity index (χ1v) is 5.23. The zero-order valence-electron chi connectivity index (χ0n) is 8.96. The Morgan fingerprint density at radius 1 is 1.36 bits per heavy atom. The molecule has 0 fully saturated rings. The lowest BCUT2D eigenvalue weighted by molar-refractivity contribution is 0.334. The van der Waals surface area contributed by atoms with E-state index in [1.165, 1.54) is 17.5 Å². The number of hydrogen-bond donors (Lipinski definition) is 1. The number of nitrogens with one attached hydrogen (secondary N) is 1. The quantitative estimate of drug-likeness (QED) is 0.759. The van der Waals surface area contributed by atoms with E-state index >= 15 is 0 Å². The molecule has 1 aromatic rings. The molecule has 1 aliphatic heterocycles. The molecule has 1 aliphatic rings. The first-order chi connectivity index (χ1) is 6.77. The molecule has 0 aromatic heterocycles. The minimum Gasteiger partial charge on any atom is -0.309 e. The summed E-state index contributed by atoms with van der Waals surface area (Å²) in [7, 11) is 4.25. The summed E-state index contributed by atoms with van der Waals surface area (Å²) in [4.78, 5) is 2.24. The van der Waals surface area contributed by atoms with Crippen molar-refractivity contribution in [2.24, 2.45) is 0 Å². The fourth-order valence-electron chi connectivity index (χ4n) is 2.12. The fraction of sp³-hybridized carbons (Fsp3) is 0.500. The molecule has 14 heavy (non-hydrogen) atoms. The van der Waals surface area contributed by atoms with Gasteiger partial charge in [0.2, 0.25) is 0 Å². The average Bonchev–Trinajstić information content (AvgIpc) is 2.18. The second kappa shape index (κ2) is 4.11. The monoisotopic (exact) mass is 190 g/mol. The maximum atomic E-state index is 3.56. The molecule has 0 bridgehead atoms. The molecule has 0 saturated heterocycles. The van der Waals surface area contributed by atoms with Gasteiger partial charge in [-0.3, -0.25) is 0 Å². The molecule has 0 spiro atoms. The van der Waals surface area contributed by atoms with Gasteiger partial charge in [0, 0.05) is 12.6 Å². The van der Waals surface area contributed by atoms with E-state index in [1.54, 1.807) is 0 Å². The molecule has 0 aliphatic carbocycles. The molecule has 2 rings (SSSR count). The Morgan fingerprint density at radius 2 is 2.14 bits per heavy atom. The van der Waals surface area contributed by atoms with Crippen LogP contribution in [-0.4, -0.2) is 32.1 Å². The van der Waals surface area contributed by atoms with Crippen molar-refractivity contribution in [1.82, 2.24) is 10.2 Å². The molecule has 1 N–H and O–H groups in total. The van der Waals surface area contributed by atoms with Gasteiger partial charge in [0.15, 0.2) is 0 Å². The molecular weight excluding hydrogens is 172 g/mol. The smallest absolute Gasteiger partial charge is 0.0451 e. The van der Waals surface area contributed by atoms with E-state index in [9.17, 15) is 0 Å². The summed E-state index contributed by atoms with van der Waals surface area (Å²) in [6.45, 7) is 2.19. The minimum atomic E-state index is 0.509. The van der Waals surface area contributed by atoms with Crippen molar-refractivity contribution in [1.29, 1.82) is 0 Å². The van der Waals surface area contributed by atoms with Crippen LogP contribution in [0.3, 0.4) is 0 Å². The Morgan fingerprint density at radius 3 is 2.93 bits per heavy atom. The predicted molar refractivity (Wildman–Crippen MR) is 59.4 cm³/mol. The zero-order chi connectivity index (χ0) is 9.97. The van der Waals surface area contributed by atoms with Crippen LogP contribution in [0.5, 0.6) is 0 Å². The Labute approximate surface area is 85.9 Å². The summed E-state index contributed by atoms with van der Waals surface area (Å²) in [5.74, 6) is 0. The summed E-state index contributed by atoms with van der Waals surface area (Å²) in [5.41, 5.74) is 2.99. The Kier molecular flexibility index (Phi) is 2.85. The Hall–Kier alpha value is -0.860. The largest absolute Gasteiger partial charge is 0.309 e. The molecule has 1 unspecified atom stereocenters. The summed E-state index contributed by atoms with van der Waals surface area (Å²) < 4.78 is 0. The minimum absolute atomic E-state index is 0.509. The lowest BCUT2D eigenvalue weighted by Gasteiger charge is -2.29. The van der Waals surface area contributed by atoms with Gasteiger partial charge < -0.3 is 10.2 Å². The molecule has 1 aromatic carbocycles. The van der Waals surface area contributed by atoms with E-state index in [0.717, 1.165) is 13.1 Å². The van der Waals surface area contributed by atoms with Crippen LogP contribution < -0.4 is 5.32 Å². The third-order valence-corrected chi connectivity index (χ3v) is 2.76. The zero-order valence-corrected chi connectivity index (χ0v) is 8.96. The third-order valence-electron chi connectivity index (χ3n) is 2.76. The number of fused-ring (bicyclic) bond motifs is 1. The standard InChI is InChI=1S/C12H18N2/c1-14(2)9-12-11-6-4-3-5-10(11)7-8-13-12/h3-6,12-13H,7-9H2,1-2H3. The van der Waals surface area contributed by atoms with Crippen molar-refractivity contribution in [3.05, 3.63) is 35.4 Å². The average molecular weight is 190 g/mol. The molecule has 1 heterocycles. The van der Waals surface area contributed by atoms with Gasteiger partial charge in [0.05, 0.1) is 0 Å². The molecule has 1 atom stereocenters. The van der Waals surface area contributed by atoms with E-state index in [2.05, 4.69) is 48.6 Å². The van der Waals surface area contributed by atoms with Crippen LogP contribution in [0, 0.1) is 0 Å². The van der Waals surface area contributed by atoms with Gasteiger partial charge in [-0.05, 0) is 38.2 Å². The molecule has 2 nitrogen and oxygen atoms in total. The summed E-state index contributed by atoms with van der Waals surface area (Å²) >= 11 is 0. The van der Waals surface area contributed by atoms with Crippen LogP contribution in [0.2, 0.25) is 0 Å². The van der Waals surface area contributed by atoms with E-state index in [0.29, 0.717) is 6.04 Å². The normalized spacial score (nSPS) is 20.9. The lowest BCUT2D eigenvalue weighted by atomic mass is 9.94. The molecular formula is C12H18N2. The van der Waals surface area contributed by atoms with Gasteiger partial charge in [-0.2, -0.15) is 0 Å². The van der Waals surface area contributed by atoms with Crippen LogP contribution in [0.25, 0.3) is 0 Å². The van der Waals surface area contributed by atoms with Crippen molar-refractivity contribution in [2.45, 2.75) is 12.5 Å². The van der Waals surface area contributed by atoms with Gasteiger partial charge in [0.25, 0.3) is 0 Å². The molecule has 0 radical (unpaired) electrons. The van der Waals surface area contributed by atoms with Crippen molar-refractivity contribution in [3.63, 3.8) is 0 Å². The van der Waals surface area contributed by atoms with Crippen LogP contribution in [0.1, 0.15) is 17.2 Å². The first kappa shape index (κ1) is 9.69. The second-order valence-corrected chi connectivity index (χ2v) is 4.22. The molecule has 0 saturated carbocycles. The van der Waals surface area contributed by atoms with Crippen LogP contribution in [0.15, 0.2) is 24.3 Å². The van der Waals surface area contributed by atoms with Crippen molar-refractivity contribution < 1.29 is 0 Å². The molecule has 0 amide bonds. The van der Waals surface area contributed by atoms with Gasteiger partial charge in [-0.15, -0.1) is 0 Å². The number of rotatable bonds is 2. The highest BCUT2D eigenvalue weighted by atomic mass is 15.1. The van der Waals surface area contributed by atoms with E-state index in [-0.39, 0.29) is 0 Å². The third kappa shape index (κ3) is 1.97. The fourth-order valence-corrected chi connectivity index (χ4v) is 2.12. The van der Waals surface area contributed by atoms with Crippen molar-refractivity contribution in [2.75, 3.05) is 27.2 Å². The summed E-state index contributed by atoms with van der Waals surface area (Å²) in [6, 6.07) is 9.27. The molecule has 76 valence electrons. The van der Waals surface area contributed by atoms with E-state index in [1.807, 2.05) is 0 Å². The van der Waals surface area contributed by atoms with Crippen LogP contribution in [0.4, 0.5) is 0 Å². The summed E-state index contributed by atoms with van der Waals surface area (Å²) in [5, 5.41) is 3.56. The van der Waals surface area contributed by atoms with Crippen molar-refractivity contribution in [3.8, 4) is 0 Å². The lowest BCUT2D eigenvalue weighted by Crippen LogP contribution is -2.36. The molecule has 2 heteroatoms. The van der Waals surface area contributed by atoms with E-state index in [4.69, 9.17) is 0 Å². The number of hydrogen-bond acceptors (Lipinski definition) is 2. The number of nitrogens with zero attached hydrogens (tertiary/aromatic N) is 1. The van der Waals surface area contributed by atoms with Crippen molar-refractivity contribution >= 4 is 0 Å². The maximum Gasteiger partial charge on any atom is 0.0451 e. The van der Waals surface area contributed by atoms with Gasteiger partial charge >= 0.3 is 0 Å². The van der Waals surface area contributed by atoms with Gasteiger partial charge in [-0.25, -0.2) is 0 Å². The van der Waals surface area contributed by atoms with Crippen LogP contribution >= 0.6 is 0 Å². The highest BCUT2D eigenvalue weighted by Gasteiger charge is 2.18. The second-order valence-electron chi connectivity index (χ2n) is 4.22. The Balaban J connectivity index is 2.22. The highest BCUT2D eigenvalue weighted by Crippen LogP contribution is 2.22. The summed E-state index contributed by atoms with van der Waals surface area (Å²) in [6.07, 6.45) is 1.17. The maximum absolute atomic E-state index is 3.56. The van der Waals surface area contributed by atoms with E-state index < -0.39 is 0 Å². The first-order valence-electron chi connectivity index (χ1n) is 5.23. The highest BCUT2D eigenvalue weighted by molar-refractivity contribution is 5.32. The van der Waals surface area contributed by atoms with Crippen LogP contribution in [-0.2, 0) is 6.42 Å². The SMILES string of the molecule is CN(C)CC1NCCc2ccccc21. The number of benzene rings is 1.